The van der Waals surface area contributed by atoms with Crippen molar-refractivity contribution in [1.29, 1.82) is 0 Å². The van der Waals surface area contributed by atoms with Crippen molar-refractivity contribution in [1.82, 2.24) is 0 Å². The van der Waals surface area contributed by atoms with Crippen LogP contribution in [0.25, 0.3) is 6.08 Å². The number of carbonyl (C=O) groups excluding carboxylic acids is 1. The summed E-state index contributed by atoms with van der Waals surface area (Å²) in [6, 6.07) is 11.2. The first kappa shape index (κ1) is 20.6. The fraction of sp³-hybridized carbons (Fsp3) is 0.143. The molecule has 0 saturated carbocycles. The average molecular weight is 554 g/mol. The number of carbonyl (C=O) groups is 1. The van der Waals surface area contributed by atoms with Crippen LogP contribution in [0, 0.1) is 3.57 Å². The van der Waals surface area contributed by atoms with E-state index >= 15 is 0 Å². The Balaban J connectivity index is 1.91. The number of aliphatic imine (C=N–C) groups is 1. The molecule has 0 aliphatic carbocycles. The summed E-state index contributed by atoms with van der Waals surface area (Å²) in [5.74, 6) is 0.909. The van der Waals surface area contributed by atoms with Gasteiger partial charge < -0.3 is 14.2 Å². The highest BCUT2D eigenvalue weighted by Crippen LogP contribution is 2.37. The van der Waals surface area contributed by atoms with Crippen LogP contribution in [0.2, 0.25) is 0 Å². The number of ether oxygens (including phenoxy) is 3. The maximum Gasteiger partial charge on any atom is 0.363 e. The van der Waals surface area contributed by atoms with Crippen LogP contribution < -0.4 is 9.47 Å². The first-order valence-electron chi connectivity index (χ1n) is 8.30. The number of halogens is 2. The highest BCUT2D eigenvalue weighted by Gasteiger charge is 2.24. The van der Waals surface area contributed by atoms with Crippen molar-refractivity contribution in [3.63, 3.8) is 0 Å². The van der Waals surface area contributed by atoms with Gasteiger partial charge in [-0.25, -0.2) is 9.79 Å². The predicted octanol–water partition coefficient (Wildman–Crippen LogP) is 5.36. The summed E-state index contributed by atoms with van der Waals surface area (Å²) < 4.78 is 18.3. The van der Waals surface area contributed by atoms with Gasteiger partial charge in [-0.2, -0.15) is 0 Å². The van der Waals surface area contributed by atoms with Crippen molar-refractivity contribution in [3.05, 3.63) is 73.4 Å². The number of hydrogen-bond acceptors (Lipinski definition) is 5. The Labute approximate surface area is 185 Å². The van der Waals surface area contributed by atoms with E-state index in [-0.39, 0.29) is 5.70 Å². The van der Waals surface area contributed by atoms with Gasteiger partial charge in [0.05, 0.1) is 11.6 Å². The summed E-state index contributed by atoms with van der Waals surface area (Å²) in [5, 5.41) is 0. The minimum absolute atomic E-state index is 0.220. The van der Waals surface area contributed by atoms with Gasteiger partial charge in [-0.3, -0.25) is 0 Å². The number of hydrogen-bond donors (Lipinski definition) is 0. The smallest absolute Gasteiger partial charge is 0.363 e. The molecule has 0 N–H and O–H groups in total. The maximum atomic E-state index is 12.2. The normalized spacial score (nSPS) is 14.6. The molecule has 2 aromatic rings. The summed E-state index contributed by atoms with van der Waals surface area (Å²) in [6.45, 7) is 6.09. The molecule has 0 spiro atoms. The van der Waals surface area contributed by atoms with Gasteiger partial charge in [-0.1, -0.05) is 6.58 Å². The number of benzene rings is 2. The molecule has 0 radical (unpaired) electrons. The van der Waals surface area contributed by atoms with Crippen LogP contribution in [0.4, 0.5) is 0 Å². The molecule has 28 heavy (non-hydrogen) atoms. The van der Waals surface area contributed by atoms with E-state index in [2.05, 4.69) is 50.1 Å². The van der Waals surface area contributed by atoms with Gasteiger partial charge in [-0.05, 0) is 99.1 Å². The van der Waals surface area contributed by atoms with E-state index in [0.29, 0.717) is 28.5 Å². The Morgan fingerprint density at radius 3 is 2.68 bits per heavy atom. The summed E-state index contributed by atoms with van der Waals surface area (Å²) in [6.07, 6.45) is 1.65. The molecule has 144 valence electrons. The summed E-state index contributed by atoms with van der Waals surface area (Å²) in [5.41, 5.74) is 2.59. The predicted molar refractivity (Wildman–Crippen MR) is 121 cm³/mol. The van der Waals surface area contributed by atoms with Gasteiger partial charge in [0.15, 0.2) is 17.2 Å². The molecule has 3 rings (SSSR count). The number of nitrogens with zero attached hydrogens (tertiary/aromatic N) is 1. The second-order valence-electron chi connectivity index (χ2n) is 6.12. The molecule has 0 fully saturated rings. The molecule has 1 aliphatic rings. The molecule has 0 aromatic heterocycles. The van der Waals surface area contributed by atoms with Crippen molar-refractivity contribution >= 4 is 56.5 Å². The molecule has 1 aliphatic heterocycles. The van der Waals surface area contributed by atoms with Crippen LogP contribution in [0.15, 0.2) is 63.7 Å². The molecule has 0 unspecified atom stereocenters. The van der Waals surface area contributed by atoms with Crippen LogP contribution in [0.1, 0.15) is 18.1 Å². The van der Waals surface area contributed by atoms with Gasteiger partial charge in [0.2, 0.25) is 5.90 Å². The topological polar surface area (TPSA) is 57.1 Å². The standard InChI is InChI=1S/C21H17BrINO4/c1-12(2)11-27-19-16(22)8-13(10-18(19)26-3)9-17-21(25)28-20(24-17)14-4-6-15(23)7-5-14/h4-10H,1,11H2,2-3H3/b17-9-. The fourth-order valence-electron chi connectivity index (χ4n) is 2.44. The molecule has 0 amide bonds. The van der Waals surface area contributed by atoms with Crippen molar-refractivity contribution in [2.45, 2.75) is 6.92 Å². The first-order chi connectivity index (χ1) is 13.4. The molecular weight excluding hydrogens is 537 g/mol. The zero-order valence-electron chi connectivity index (χ0n) is 15.3. The lowest BCUT2D eigenvalue weighted by molar-refractivity contribution is -0.129. The molecule has 2 aromatic carbocycles. The molecular formula is C21H17BrINO4. The molecule has 0 saturated heterocycles. The number of esters is 1. The second-order valence-corrected chi connectivity index (χ2v) is 8.22. The Morgan fingerprint density at radius 2 is 2.04 bits per heavy atom. The highest BCUT2D eigenvalue weighted by atomic mass is 127. The van der Waals surface area contributed by atoms with Crippen LogP contribution in [0.5, 0.6) is 11.5 Å². The summed E-state index contributed by atoms with van der Waals surface area (Å²) in [7, 11) is 1.56. The van der Waals surface area contributed by atoms with E-state index in [1.165, 1.54) is 0 Å². The largest absolute Gasteiger partial charge is 0.493 e. The summed E-state index contributed by atoms with van der Waals surface area (Å²) in [4.78, 5) is 16.6. The Morgan fingerprint density at radius 1 is 1.32 bits per heavy atom. The number of methoxy groups -OCH3 is 1. The minimum atomic E-state index is -0.494. The second kappa shape index (κ2) is 8.91. The van der Waals surface area contributed by atoms with Gasteiger partial charge in [0, 0.05) is 9.13 Å². The highest BCUT2D eigenvalue weighted by molar-refractivity contribution is 14.1. The van der Waals surface area contributed by atoms with Crippen LogP contribution in [0.3, 0.4) is 0 Å². The van der Waals surface area contributed by atoms with Gasteiger partial charge in [-0.15, -0.1) is 0 Å². The number of cyclic esters (lactones) is 1. The summed E-state index contributed by atoms with van der Waals surface area (Å²) >= 11 is 5.71. The lowest BCUT2D eigenvalue weighted by atomic mass is 10.1. The first-order valence-corrected chi connectivity index (χ1v) is 10.2. The monoisotopic (exact) mass is 553 g/mol. The van der Waals surface area contributed by atoms with E-state index in [0.717, 1.165) is 20.3 Å². The van der Waals surface area contributed by atoms with Crippen molar-refractivity contribution in [2.24, 2.45) is 4.99 Å². The van der Waals surface area contributed by atoms with Crippen molar-refractivity contribution < 1.29 is 19.0 Å². The van der Waals surface area contributed by atoms with Gasteiger partial charge in [0.25, 0.3) is 0 Å². The quantitative estimate of drug-likeness (QED) is 0.209. The Hall–Kier alpha value is -2.13. The van der Waals surface area contributed by atoms with Gasteiger partial charge in [0.1, 0.15) is 6.61 Å². The van der Waals surface area contributed by atoms with E-state index in [1.807, 2.05) is 37.3 Å². The SMILES string of the molecule is C=C(C)COc1c(Br)cc(/C=C2\N=C(c3ccc(I)cc3)OC2=O)cc1OC. The van der Waals surface area contributed by atoms with E-state index < -0.39 is 5.97 Å². The molecule has 1 heterocycles. The van der Waals surface area contributed by atoms with Crippen molar-refractivity contribution in [2.75, 3.05) is 13.7 Å². The van der Waals surface area contributed by atoms with Crippen LogP contribution in [-0.2, 0) is 9.53 Å². The van der Waals surface area contributed by atoms with E-state index in [9.17, 15) is 4.79 Å². The molecule has 0 bridgehead atoms. The zero-order chi connectivity index (χ0) is 20.3. The third-order valence-corrected chi connectivity index (χ3v) is 5.04. The molecule has 7 heteroatoms. The maximum absolute atomic E-state index is 12.2. The molecule has 0 atom stereocenters. The average Bonchev–Trinajstić information content (AvgIpc) is 3.01. The Bertz CT molecular complexity index is 996. The van der Waals surface area contributed by atoms with E-state index in [4.69, 9.17) is 14.2 Å². The fourth-order valence-corrected chi connectivity index (χ4v) is 3.38. The third-order valence-electron chi connectivity index (χ3n) is 3.73. The third kappa shape index (κ3) is 4.82. The minimum Gasteiger partial charge on any atom is -0.493 e. The lowest BCUT2D eigenvalue weighted by Crippen LogP contribution is -2.05. The lowest BCUT2D eigenvalue weighted by Gasteiger charge is -2.13. The van der Waals surface area contributed by atoms with Crippen molar-refractivity contribution in [3.8, 4) is 11.5 Å². The van der Waals surface area contributed by atoms with Crippen LogP contribution in [-0.4, -0.2) is 25.6 Å². The van der Waals surface area contributed by atoms with Gasteiger partial charge >= 0.3 is 5.97 Å². The Kier molecular flexibility index (Phi) is 6.56. The molecule has 5 nitrogen and oxygen atoms in total. The number of rotatable bonds is 6. The van der Waals surface area contributed by atoms with Crippen LogP contribution >= 0.6 is 38.5 Å². The zero-order valence-corrected chi connectivity index (χ0v) is 19.0. The van der Waals surface area contributed by atoms with E-state index in [1.54, 1.807) is 19.3 Å².